The summed E-state index contributed by atoms with van der Waals surface area (Å²) in [6.45, 7) is 2.08. The summed E-state index contributed by atoms with van der Waals surface area (Å²) >= 11 is 0. The van der Waals surface area contributed by atoms with Gasteiger partial charge in [0, 0.05) is 0 Å². The third kappa shape index (κ3) is 1.71. The summed E-state index contributed by atoms with van der Waals surface area (Å²) in [6.07, 6.45) is 3.24. The molecule has 0 aliphatic heterocycles. The van der Waals surface area contributed by atoms with Crippen LogP contribution in [0, 0.1) is 11.8 Å². The summed E-state index contributed by atoms with van der Waals surface area (Å²) in [6, 6.07) is -0.646. The minimum atomic E-state index is -0.858. The summed E-state index contributed by atoms with van der Waals surface area (Å²) < 4.78 is 0. The highest BCUT2D eigenvalue weighted by molar-refractivity contribution is 5.73. The van der Waals surface area contributed by atoms with Crippen LogP contribution in [0.3, 0.4) is 0 Å². The van der Waals surface area contributed by atoms with Crippen LogP contribution in [0.25, 0.3) is 0 Å². The SMILES string of the molecule is C[C@@H]1CCC[C@H]1C(N)C(=O)O. The molecule has 0 bridgehead atoms. The first kappa shape index (κ1) is 8.53. The lowest BCUT2D eigenvalue weighted by Crippen LogP contribution is -2.39. The molecule has 0 aromatic heterocycles. The van der Waals surface area contributed by atoms with Gasteiger partial charge in [-0.3, -0.25) is 4.79 Å². The molecular formula is C8H15NO2. The minimum absolute atomic E-state index is 0.201. The molecule has 0 radical (unpaired) electrons. The zero-order valence-electron chi connectivity index (χ0n) is 6.79. The van der Waals surface area contributed by atoms with Crippen molar-refractivity contribution in [2.75, 3.05) is 0 Å². The molecule has 0 aromatic carbocycles. The predicted octanol–water partition coefficient (Wildman–Crippen LogP) is 0.834. The maximum atomic E-state index is 10.5. The summed E-state index contributed by atoms with van der Waals surface area (Å²) in [5.41, 5.74) is 5.51. The van der Waals surface area contributed by atoms with Gasteiger partial charge in [-0.05, 0) is 18.3 Å². The van der Waals surface area contributed by atoms with Gasteiger partial charge in [0.1, 0.15) is 6.04 Å². The van der Waals surface area contributed by atoms with Crippen LogP contribution < -0.4 is 5.73 Å². The molecule has 1 fully saturated rings. The Morgan fingerprint density at radius 1 is 1.64 bits per heavy atom. The second-order valence-corrected chi connectivity index (χ2v) is 3.44. The highest BCUT2D eigenvalue weighted by atomic mass is 16.4. The van der Waals surface area contributed by atoms with Crippen molar-refractivity contribution in [3.05, 3.63) is 0 Å². The lowest BCUT2D eigenvalue weighted by Gasteiger charge is -2.18. The number of hydrogen-bond acceptors (Lipinski definition) is 2. The largest absolute Gasteiger partial charge is 0.480 e. The highest BCUT2D eigenvalue weighted by Gasteiger charge is 2.32. The average Bonchev–Trinajstić information content (AvgIpc) is 2.33. The monoisotopic (exact) mass is 157 g/mol. The Bertz CT molecular complexity index is 158. The van der Waals surface area contributed by atoms with Gasteiger partial charge in [-0.25, -0.2) is 0 Å². The Morgan fingerprint density at radius 2 is 2.27 bits per heavy atom. The Hall–Kier alpha value is -0.570. The van der Waals surface area contributed by atoms with Gasteiger partial charge in [0.15, 0.2) is 0 Å². The molecule has 1 aliphatic carbocycles. The molecule has 0 heterocycles. The van der Waals surface area contributed by atoms with E-state index in [4.69, 9.17) is 10.8 Å². The molecule has 0 aromatic rings. The van der Waals surface area contributed by atoms with E-state index in [-0.39, 0.29) is 5.92 Å². The number of hydrogen-bond donors (Lipinski definition) is 2. The van der Waals surface area contributed by atoms with Crippen molar-refractivity contribution in [1.29, 1.82) is 0 Å². The third-order valence-electron chi connectivity index (χ3n) is 2.67. The molecule has 1 rings (SSSR count). The molecule has 1 aliphatic rings. The standard InChI is InChI=1S/C8H15NO2/c1-5-3-2-4-6(5)7(9)8(10)11/h5-7H,2-4,9H2,1H3,(H,10,11)/t5-,6-,7?/m1/s1. The number of rotatable bonds is 2. The van der Waals surface area contributed by atoms with E-state index < -0.39 is 12.0 Å². The van der Waals surface area contributed by atoms with Crippen LogP contribution in [-0.2, 0) is 4.79 Å². The molecule has 0 amide bonds. The fourth-order valence-corrected chi connectivity index (χ4v) is 1.89. The third-order valence-corrected chi connectivity index (χ3v) is 2.67. The first-order valence-corrected chi connectivity index (χ1v) is 4.11. The van der Waals surface area contributed by atoms with Gasteiger partial charge >= 0.3 is 5.97 Å². The minimum Gasteiger partial charge on any atom is -0.480 e. The molecule has 3 N–H and O–H groups in total. The summed E-state index contributed by atoms with van der Waals surface area (Å²) in [4.78, 5) is 10.5. The molecule has 64 valence electrons. The summed E-state index contributed by atoms with van der Waals surface area (Å²) in [7, 11) is 0. The molecule has 3 atom stereocenters. The molecule has 0 saturated heterocycles. The zero-order valence-corrected chi connectivity index (χ0v) is 6.79. The van der Waals surface area contributed by atoms with Gasteiger partial charge in [-0.1, -0.05) is 19.8 Å². The molecule has 3 nitrogen and oxygen atoms in total. The maximum Gasteiger partial charge on any atom is 0.320 e. The van der Waals surface area contributed by atoms with Crippen molar-refractivity contribution < 1.29 is 9.90 Å². The molecule has 0 spiro atoms. The van der Waals surface area contributed by atoms with Crippen molar-refractivity contribution in [2.45, 2.75) is 32.2 Å². The average molecular weight is 157 g/mol. The van der Waals surface area contributed by atoms with Gasteiger partial charge in [-0.15, -0.1) is 0 Å². The van der Waals surface area contributed by atoms with Crippen molar-refractivity contribution in [2.24, 2.45) is 17.6 Å². The van der Waals surface area contributed by atoms with Gasteiger partial charge in [0.25, 0.3) is 0 Å². The Morgan fingerprint density at radius 3 is 2.64 bits per heavy atom. The fourth-order valence-electron chi connectivity index (χ4n) is 1.89. The smallest absolute Gasteiger partial charge is 0.320 e. The van der Waals surface area contributed by atoms with Gasteiger partial charge in [0.2, 0.25) is 0 Å². The van der Waals surface area contributed by atoms with E-state index in [1.54, 1.807) is 0 Å². The van der Waals surface area contributed by atoms with Crippen molar-refractivity contribution in [1.82, 2.24) is 0 Å². The number of nitrogens with two attached hydrogens (primary N) is 1. The second-order valence-electron chi connectivity index (χ2n) is 3.44. The molecular weight excluding hydrogens is 142 g/mol. The van der Waals surface area contributed by atoms with Crippen LogP contribution in [0.1, 0.15) is 26.2 Å². The topological polar surface area (TPSA) is 63.3 Å². The van der Waals surface area contributed by atoms with Crippen LogP contribution in [0.4, 0.5) is 0 Å². The quantitative estimate of drug-likeness (QED) is 0.624. The van der Waals surface area contributed by atoms with Crippen LogP contribution in [0.2, 0.25) is 0 Å². The predicted molar refractivity (Wildman–Crippen MR) is 42.1 cm³/mol. The number of carboxylic acid groups (broad SMARTS) is 1. The van der Waals surface area contributed by atoms with Crippen LogP contribution in [-0.4, -0.2) is 17.1 Å². The Labute approximate surface area is 66.6 Å². The van der Waals surface area contributed by atoms with Crippen molar-refractivity contribution >= 4 is 5.97 Å². The first-order chi connectivity index (χ1) is 5.13. The number of aliphatic carboxylic acids is 1. The fraction of sp³-hybridized carbons (Fsp3) is 0.875. The summed E-state index contributed by atoms with van der Waals surface area (Å²) in [5.74, 6) is -0.169. The van der Waals surface area contributed by atoms with E-state index in [1.807, 2.05) is 0 Å². The van der Waals surface area contributed by atoms with E-state index >= 15 is 0 Å². The van der Waals surface area contributed by atoms with Crippen molar-refractivity contribution in [3.8, 4) is 0 Å². The zero-order chi connectivity index (χ0) is 8.43. The van der Waals surface area contributed by atoms with Gasteiger partial charge in [0.05, 0.1) is 0 Å². The van der Waals surface area contributed by atoms with E-state index in [2.05, 4.69) is 6.92 Å². The van der Waals surface area contributed by atoms with Gasteiger partial charge in [-0.2, -0.15) is 0 Å². The van der Waals surface area contributed by atoms with Crippen molar-refractivity contribution in [3.63, 3.8) is 0 Å². The Balaban J connectivity index is 2.52. The maximum absolute atomic E-state index is 10.5. The molecule has 1 unspecified atom stereocenters. The highest BCUT2D eigenvalue weighted by Crippen LogP contribution is 2.32. The van der Waals surface area contributed by atoms with E-state index in [1.165, 1.54) is 0 Å². The molecule has 11 heavy (non-hydrogen) atoms. The van der Waals surface area contributed by atoms with Crippen LogP contribution >= 0.6 is 0 Å². The van der Waals surface area contributed by atoms with E-state index in [0.717, 1.165) is 19.3 Å². The Kier molecular flexibility index (Phi) is 2.49. The number of carboxylic acids is 1. The molecule has 3 heteroatoms. The van der Waals surface area contributed by atoms with Crippen LogP contribution in [0.5, 0.6) is 0 Å². The number of carbonyl (C=O) groups is 1. The lowest BCUT2D eigenvalue weighted by molar-refractivity contribution is -0.140. The van der Waals surface area contributed by atoms with Crippen LogP contribution in [0.15, 0.2) is 0 Å². The second kappa shape index (κ2) is 3.22. The normalized spacial score (nSPS) is 33.6. The van der Waals surface area contributed by atoms with Gasteiger partial charge < -0.3 is 10.8 Å². The lowest BCUT2D eigenvalue weighted by atomic mass is 9.91. The summed E-state index contributed by atoms with van der Waals surface area (Å²) in [5, 5.41) is 8.64. The first-order valence-electron chi connectivity index (χ1n) is 4.11. The van der Waals surface area contributed by atoms with E-state index in [0.29, 0.717) is 5.92 Å². The molecule has 1 saturated carbocycles. The van der Waals surface area contributed by atoms with E-state index in [9.17, 15) is 4.79 Å².